The summed E-state index contributed by atoms with van der Waals surface area (Å²) in [6, 6.07) is 0. The molecule has 54 valence electrons. The average molecular weight is 144 g/mol. The van der Waals surface area contributed by atoms with Crippen molar-refractivity contribution in [1.29, 1.82) is 0 Å². The van der Waals surface area contributed by atoms with Gasteiger partial charge in [0.1, 0.15) is 6.08 Å². The van der Waals surface area contributed by atoms with E-state index in [1.54, 1.807) is 0 Å². The summed E-state index contributed by atoms with van der Waals surface area (Å²) < 4.78 is 8.78. The first-order valence-electron chi connectivity index (χ1n) is 2.46. The predicted molar refractivity (Wildman–Crippen MR) is 27.8 cm³/mol. The lowest BCUT2D eigenvalue weighted by Gasteiger charge is -1.89. The zero-order valence-electron chi connectivity index (χ0n) is 4.86. The number of carboxylic acids is 1. The fourth-order valence-corrected chi connectivity index (χ4v) is 0.473. The molecule has 1 rings (SSSR count). The highest BCUT2D eigenvalue weighted by Gasteiger charge is 2.18. The summed E-state index contributed by atoms with van der Waals surface area (Å²) in [5, 5.41) is 8.11. The third kappa shape index (κ3) is 1.48. The number of hydrogen-bond acceptors (Lipinski definition) is 4. The topological polar surface area (TPSA) is 72.8 Å². The Hall–Kier alpha value is -1.52. The molecule has 1 fully saturated rings. The molecule has 0 atom stereocenters. The van der Waals surface area contributed by atoms with E-state index in [1.807, 2.05) is 0 Å². The predicted octanol–water partition coefficient (Wildman–Crippen LogP) is -0.514. The monoisotopic (exact) mass is 144 g/mol. The molecule has 0 spiro atoms. The standard InChI is InChI=1S/C5H4O5/c6-3(7)1-5-9-2-4(8)10-5/h1H,2H2,(H,6,7). The van der Waals surface area contributed by atoms with Crippen LogP contribution in [0.1, 0.15) is 0 Å². The lowest BCUT2D eigenvalue weighted by Crippen LogP contribution is -1.95. The molecule has 0 aromatic heterocycles. The molecule has 1 N–H and O–H groups in total. The maximum atomic E-state index is 10.3. The molecule has 5 nitrogen and oxygen atoms in total. The SMILES string of the molecule is O=C(O)C=C1OCC(=O)O1. The lowest BCUT2D eigenvalue weighted by atomic mass is 10.6. The fourth-order valence-electron chi connectivity index (χ4n) is 0.473. The number of carbonyl (C=O) groups excluding carboxylic acids is 1. The molecule has 5 heteroatoms. The Kier molecular flexibility index (Phi) is 1.57. The number of cyclic esters (lactones) is 1. The van der Waals surface area contributed by atoms with Gasteiger partial charge in [0.2, 0.25) is 0 Å². The summed E-state index contributed by atoms with van der Waals surface area (Å²) >= 11 is 0. The van der Waals surface area contributed by atoms with Gasteiger partial charge in [-0.15, -0.1) is 0 Å². The largest absolute Gasteiger partial charge is 0.478 e. The minimum atomic E-state index is -1.20. The van der Waals surface area contributed by atoms with E-state index >= 15 is 0 Å². The molecular formula is C5H4O5. The molecule has 0 aromatic rings. The molecule has 0 saturated carbocycles. The van der Waals surface area contributed by atoms with E-state index in [0.717, 1.165) is 0 Å². The molecule has 0 amide bonds. The smallest absolute Gasteiger partial charge is 0.352 e. The first kappa shape index (κ1) is 6.60. The maximum absolute atomic E-state index is 10.3. The van der Waals surface area contributed by atoms with Gasteiger partial charge < -0.3 is 14.6 Å². The molecule has 1 heterocycles. The highest BCUT2D eigenvalue weighted by atomic mass is 16.7. The van der Waals surface area contributed by atoms with Crippen LogP contribution in [0.25, 0.3) is 0 Å². The molecule has 10 heavy (non-hydrogen) atoms. The van der Waals surface area contributed by atoms with Crippen LogP contribution in [0.15, 0.2) is 12.0 Å². The third-order valence-corrected chi connectivity index (χ3v) is 0.788. The summed E-state index contributed by atoms with van der Waals surface area (Å²) in [7, 11) is 0. The van der Waals surface area contributed by atoms with Crippen LogP contribution in [0.5, 0.6) is 0 Å². The normalized spacial score (nSPS) is 20.4. The molecular weight excluding hydrogens is 140 g/mol. The van der Waals surface area contributed by atoms with E-state index in [2.05, 4.69) is 9.47 Å². The Morgan fingerprint density at radius 2 is 2.40 bits per heavy atom. The van der Waals surface area contributed by atoms with Crippen molar-refractivity contribution in [3.8, 4) is 0 Å². The van der Waals surface area contributed by atoms with Crippen molar-refractivity contribution in [3.63, 3.8) is 0 Å². The van der Waals surface area contributed by atoms with Crippen LogP contribution in [-0.4, -0.2) is 23.7 Å². The van der Waals surface area contributed by atoms with Gasteiger partial charge in [-0.1, -0.05) is 0 Å². The highest BCUT2D eigenvalue weighted by molar-refractivity contribution is 5.82. The molecule has 1 aliphatic heterocycles. The Morgan fingerprint density at radius 3 is 2.80 bits per heavy atom. The van der Waals surface area contributed by atoms with Crippen molar-refractivity contribution in [2.75, 3.05) is 6.61 Å². The second-order valence-corrected chi connectivity index (χ2v) is 1.56. The minimum absolute atomic E-state index is 0.209. The summed E-state index contributed by atoms with van der Waals surface area (Å²) in [5.74, 6) is -2.03. The van der Waals surface area contributed by atoms with E-state index in [0.29, 0.717) is 6.08 Å². The summed E-state index contributed by atoms with van der Waals surface area (Å²) in [4.78, 5) is 20.2. The molecule has 0 bridgehead atoms. The van der Waals surface area contributed by atoms with Gasteiger partial charge in [0.15, 0.2) is 6.61 Å². The van der Waals surface area contributed by atoms with Gasteiger partial charge in [0, 0.05) is 0 Å². The van der Waals surface area contributed by atoms with Crippen LogP contribution in [0, 0.1) is 0 Å². The van der Waals surface area contributed by atoms with Crippen molar-refractivity contribution in [3.05, 3.63) is 12.0 Å². The average Bonchev–Trinajstić information content (AvgIpc) is 2.13. The number of ether oxygens (including phenoxy) is 2. The lowest BCUT2D eigenvalue weighted by molar-refractivity contribution is -0.134. The van der Waals surface area contributed by atoms with Gasteiger partial charge in [-0.05, 0) is 0 Å². The highest BCUT2D eigenvalue weighted by Crippen LogP contribution is 2.07. The zero-order valence-corrected chi connectivity index (χ0v) is 4.86. The number of rotatable bonds is 1. The third-order valence-electron chi connectivity index (χ3n) is 0.788. The van der Waals surface area contributed by atoms with Crippen molar-refractivity contribution in [1.82, 2.24) is 0 Å². The quantitative estimate of drug-likeness (QED) is 0.396. The van der Waals surface area contributed by atoms with E-state index < -0.39 is 11.9 Å². The molecule has 0 aliphatic carbocycles. The first-order valence-corrected chi connectivity index (χ1v) is 2.46. The Morgan fingerprint density at radius 1 is 1.70 bits per heavy atom. The number of carbonyl (C=O) groups is 2. The van der Waals surface area contributed by atoms with Gasteiger partial charge in [0.25, 0.3) is 5.95 Å². The summed E-state index contributed by atoms with van der Waals surface area (Å²) in [5.41, 5.74) is 0. The molecule has 1 aliphatic rings. The van der Waals surface area contributed by atoms with Crippen LogP contribution < -0.4 is 0 Å². The van der Waals surface area contributed by atoms with Crippen LogP contribution in [-0.2, 0) is 19.1 Å². The van der Waals surface area contributed by atoms with Crippen molar-refractivity contribution in [2.24, 2.45) is 0 Å². The molecule has 0 aromatic carbocycles. The number of carboxylic acid groups (broad SMARTS) is 1. The van der Waals surface area contributed by atoms with Crippen molar-refractivity contribution >= 4 is 11.9 Å². The van der Waals surface area contributed by atoms with Gasteiger partial charge in [-0.3, -0.25) is 0 Å². The molecule has 0 radical (unpaired) electrons. The van der Waals surface area contributed by atoms with E-state index in [4.69, 9.17) is 5.11 Å². The van der Waals surface area contributed by atoms with E-state index in [9.17, 15) is 9.59 Å². The van der Waals surface area contributed by atoms with Crippen molar-refractivity contribution < 1.29 is 24.2 Å². The summed E-state index contributed by atoms with van der Waals surface area (Å²) in [6.07, 6.45) is 0.685. The Balaban J connectivity index is 2.59. The molecule has 1 saturated heterocycles. The second-order valence-electron chi connectivity index (χ2n) is 1.56. The number of aliphatic carboxylic acids is 1. The second kappa shape index (κ2) is 2.38. The maximum Gasteiger partial charge on any atom is 0.352 e. The van der Waals surface area contributed by atoms with Crippen LogP contribution in [0.4, 0.5) is 0 Å². The molecule has 0 unspecified atom stereocenters. The minimum Gasteiger partial charge on any atom is -0.478 e. The van der Waals surface area contributed by atoms with E-state index in [-0.39, 0.29) is 12.6 Å². The van der Waals surface area contributed by atoms with Crippen molar-refractivity contribution in [2.45, 2.75) is 0 Å². The number of hydrogen-bond donors (Lipinski definition) is 1. The fraction of sp³-hybridized carbons (Fsp3) is 0.200. The van der Waals surface area contributed by atoms with Gasteiger partial charge >= 0.3 is 11.9 Å². The Bertz CT molecular complexity index is 204. The van der Waals surface area contributed by atoms with E-state index in [1.165, 1.54) is 0 Å². The first-order chi connectivity index (χ1) is 4.68. The van der Waals surface area contributed by atoms with Gasteiger partial charge in [-0.2, -0.15) is 0 Å². The van der Waals surface area contributed by atoms with Crippen LogP contribution in [0.3, 0.4) is 0 Å². The Labute approximate surface area is 55.8 Å². The van der Waals surface area contributed by atoms with Gasteiger partial charge in [0.05, 0.1) is 0 Å². The van der Waals surface area contributed by atoms with Gasteiger partial charge in [-0.25, -0.2) is 9.59 Å². The zero-order chi connectivity index (χ0) is 7.56. The summed E-state index contributed by atoms with van der Waals surface area (Å²) in [6.45, 7) is -0.209. The van der Waals surface area contributed by atoms with Crippen LogP contribution >= 0.6 is 0 Å². The number of esters is 1. The van der Waals surface area contributed by atoms with Crippen LogP contribution in [0.2, 0.25) is 0 Å².